The Kier molecular flexibility index (Phi) is 7.89. The summed E-state index contributed by atoms with van der Waals surface area (Å²) in [7, 11) is 0. The average Bonchev–Trinajstić information content (AvgIpc) is 2.75. The van der Waals surface area contributed by atoms with Gasteiger partial charge in [-0.2, -0.15) is 26.3 Å². The first-order valence-corrected chi connectivity index (χ1v) is 10.5. The number of carbonyl (C=O) groups is 2. The monoisotopic (exact) mass is 550 g/mol. The van der Waals surface area contributed by atoms with E-state index in [1.165, 1.54) is 24.3 Å². The molecular formula is C22H14Cl2F6N4O2. The zero-order valence-corrected chi connectivity index (χ0v) is 19.1. The predicted octanol–water partition coefficient (Wildman–Crippen LogP) is 8.32. The molecule has 0 aliphatic carbocycles. The smallest absolute Gasteiger partial charge is 0.308 e. The molecule has 0 heterocycles. The molecule has 3 rings (SSSR count). The minimum Gasteiger partial charge on any atom is -0.308 e. The van der Waals surface area contributed by atoms with Gasteiger partial charge in [-0.1, -0.05) is 29.3 Å². The van der Waals surface area contributed by atoms with Gasteiger partial charge < -0.3 is 21.3 Å². The van der Waals surface area contributed by atoms with E-state index in [9.17, 15) is 35.9 Å². The number of rotatable bonds is 4. The highest BCUT2D eigenvalue weighted by atomic mass is 35.5. The Labute approximate surface area is 209 Å². The van der Waals surface area contributed by atoms with Gasteiger partial charge in [0.05, 0.1) is 32.5 Å². The van der Waals surface area contributed by atoms with E-state index < -0.39 is 35.5 Å². The lowest BCUT2D eigenvalue weighted by Crippen LogP contribution is -2.21. The van der Waals surface area contributed by atoms with Crippen molar-refractivity contribution in [2.75, 3.05) is 21.3 Å². The van der Waals surface area contributed by atoms with Crippen LogP contribution in [0.2, 0.25) is 10.0 Å². The summed E-state index contributed by atoms with van der Waals surface area (Å²) in [5.41, 5.74) is -2.33. The van der Waals surface area contributed by atoms with E-state index in [2.05, 4.69) is 21.3 Å². The minimum atomic E-state index is -4.64. The lowest BCUT2D eigenvalue weighted by atomic mass is 10.2. The van der Waals surface area contributed by atoms with Crippen LogP contribution in [0.3, 0.4) is 0 Å². The molecule has 0 aliphatic heterocycles. The lowest BCUT2D eigenvalue weighted by Gasteiger charge is -2.14. The van der Waals surface area contributed by atoms with Crippen LogP contribution >= 0.6 is 23.2 Å². The third-order valence-corrected chi connectivity index (χ3v) is 5.12. The van der Waals surface area contributed by atoms with Gasteiger partial charge in [0, 0.05) is 11.4 Å². The number of alkyl halides is 6. The summed E-state index contributed by atoms with van der Waals surface area (Å²) in [6.45, 7) is 0. The van der Waals surface area contributed by atoms with E-state index in [4.69, 9.17) is 23.2 Å². The maximum absolute atomic E-state index is 12.9. The van der Waals surface area contributed by atoms with Crippen molar-refractivity contribution in [3.63, 3.8) is 0 Å². The van der Waals surface area contributed by atoms with Gasteiger partial charge in [-0.15, -0.1) is 0 Å². The van der Waals surface area contributed by atoms with Crippen molar-refractivity contribution in [1.82, 2.24) is 0 Å². The number of amides is 4. The number of anilines is 4. The van der Waals surface area contributed by atoms with E-state index in [0.717, 1.165) is 24.3 Å². The van der Waals surface area contributed by atoms with Gasteiger partial charge in [0.25, 0.3) is 0 Å². The summed E-state index contributed by atoms with van der Waals surface area (Å²) in [4.78, 5) is 24.5. The second-order valence-electron chi connectivity index (χ2n) is 7.12. The molecule has 190 valence electrons. The average molecular weight is 551 g/mol. The molecule has 3 aromatic rings. The van der Waals surface area contributed by atoms with Crippen molar-refractivity contribution < 1.29 is 35.9 Å². The number of nitrogens with one attached hydrogen (secondary N) is 4. The molecule has 4 amide bonds. The fourth-order valence-electron chi connectivity index (χ4n) is 2.84. The molecule has 0 saturated heterocycles. The Morgan fingerprint density at radius 2 is 0.972 bits per heavy atom. The summed E-state index contributed by atoms with van der Waals surface area (Å²) in [5.74, 6) is 0. The molecule has 0 spiro atoms. The summed E-state index contributed by atoms with van der Waals surface area (Å²) in [5, 5.41) is 8.88. The zero-order chi connectivity index (χ0) is 26.7. The molecule has 0 aliphatic rings. The van der Waals surface area contributed by atoms with Crippen LogP contribution in [0.25, 0.3) is 0 Å². The van der Waals surface area contributed by atoms with E-state index in [1.807, 2.05) is 0 Å². The van der Waals surface area contributed by atoms with Crippen LogP contribution in [0, 0.1) is 0 Å². The van der Waals surface area contributed by atoms with Gasteiger partial charge in [0.1, 0.15) is 0 Å². The van der Waals surface area contributed by atoms with Gasteiger partial charge in [0.2, 0.25) is 0 Å². The first kappa shape index (κ1) is 27.0. The van der Waals surface area contributed by atoms with Gasteiger partial charge in [-0.25, -0.2) is 9.59 Å². The van der Waals surface area contributed by atoms with Crippen LogP contribution in [0.1, 0.15) is 11.1 Å². The van der Waals surface area contributed by atoms with Crippen molar-refractivity contribution in [2.24, 2.45) is 0 Å². The number of urea groups is 2. The fraction of sp³-hybridized carbons (Fsp3) is 0.0909. The number of halogens is 8. The van der Waals surface area contributed by atoms with Crippen LogP contribution < -0.4 is 21.3 Å². The van der Waals surface area contributed by atoms with E-state index in [-0.39, 0.29) is 32.8 Å². The maximum atomic E-state index is 12.9. The second kappa shape index (κ2) is 10.5. The maximum Gasteiger partial charge on any atom is 0.416 e. The Morgan fingerprint density at radius 3 is 1.33 bits per heavy atom. The van der Waals surface area contributed by atoms with Gasteiger partial charge >= 0.3 is 24.4 Å². The SMILES string of the molecule is O=C(Nc1cccc(NC(=O)Nc2cc(C(F)(F)F)ccc2Cl)c1)Nc1cc(C(F)(F)F)ccc1Cl. The number of hydrogen-bond donors (Lipinski definition) is 4. The second-order valence-corrected chi connectivity index (χ2v) is 7.94. The molecule has 0 saturated carbocycles. The highest BCUT2D eigenvalue weighted by Gasteiger charge is 2.32. The number of hydrogen-bond acceptors (Lipinski definition) is 2. The standard InChI is InChI=1S/C22H14Cl2F6N4O2/c23-15-6-4-11(21(25,26)27)8-17(15)33-19(35)31-13-2-1-3-14(10-13)32-20(36)34-18-9-12(22(28,29)30)5-7-16(18)24/h1-10H,(H2,31,33,35)(H2,32,34,36). The number of benzene rings is 3. The molecular weight excluding hydrogens is 537 g/mol. The largest absolute Gasteiger partial charge is 0.416 e. The van der Waals surface area contributed by atoms with Crippen LogP contribution in [-0.4, -0.2) is 12.1 Å². The third-order valence-electron chi connectivity index (χ3n) is 4.46. The Bertz CT molecular complexity index is 1200. The summed E-state index contributed by atoms with van der Waals surface area (Å²) >= 11 is 11.7. The van der Waals surface area contributed by atoms with E-state index >= 15 is 0 Å². The van der Waals surface area contributed by atoms with E-state index in [0.29, 0.717) is 12.1 Å². The summed E-state index contributed by atoms with van der Waals surface area (Å²) in [6.07, 6.45) is -9.29. The lowest BCUT2D eigenvalue weighted by molar-refractivity contribution is -0.138. The molecule has 3 aromatic carbocycles. The third kappa shape index (κ3) is 7.18. The van der Waals surface area contributed by atoms with Gasteiger partial charge in [0.15, 0.2) is 0 Å². The van der Waals surface area contributed by atoms with Crippen LogP contribution in [0.4, 0.5) is 58.7 Å². The van der Waals surface area contributed by atoms with Crippen molar-refractivity contribution in [1.29, 1.82) is 0 Å². The van der Waals surface area contributed by atoms with E-state index in [1.54, 1.807) is 0 Å². The van der Waals surface area contributed by atoms with Crippen LogP contribution in [0.5, 0.6) is 0 Å². The van der Waals surface area contributed by atoms with Crippen molar-refractivity contribution >= 4 is 58.0 Å². The van der Waals surface area contributed by atoms with Crippen molar-refractivity contribution in [3.05, 3.63) is 81.8 Å². The number of carbonyl (C=O) groups excluding carboxylic acids is 2. The molecule has 6 nitrogen and oxygen atoms in total. The Balaban J connectivity index is 1.66. The minimum absolute atomic E-state index is 0.126. The molecule has 0 atom stereocenters. The molecule has 0 fully saturated rings. The van der Waals surface area contributed by atoms with Crippen LogP contribution in [-0.2, 0) is 12.4 Å². The molecule has 0 aromatic heterocycles. The molecule has 14 heteroatoms. The first-order valence-electron chi connectivity index (χ1n) is 9.72. The first-order chi connectivity index (χ1) is 16.7. The van der Waals surface area contributed by atoms with Crippen molar-refractivity contribution in [3.8, 4) is 0 Å². The van der Waals surface area contributed by atoms with Crippen molar-refractivity contribution in [2.45, 2.75) is 12.4 Å². The summed E-state index contributed by atoms with van der Waals surface area (Å²) < 4.78 is 77.4. The summed E-state index contributed by atoms with van der Waals surface area (Å²) in [6, 6.07) is 8.55. The highest BCUT2D eigenvalue weighted by molar-refractivity contribution is 6.34. The Morgan fingerprint density at radius 1 is 0.583 bits per heavy atom. The highest BCUT2D eigenvalue weighted by Crippen LogP contribution is 2.35. The molecule has 0 bridgehead atoms. The topological polar surface area (TPSA) is 82.3 Å². The van der Waals surface area contributed by atoms with Gasteiger partial charge in [-0.05, 0) is 54.6 Å². The van der Waals surface area contributed by atoms with Crippen LogP contribution in [0.15, 0.2) is 60.7 Å². The molecule has 0 radical (unpaired) electrons. The van der Waals surface area contributed by atoms with Gasteiger partial charge in [-0.3, -0.25) is 0 Å². The molecule has 4 N–H and O–H groups in total. The zero-order valence-electron chi connectivity index (χ0n) is 17.6. The molecule has 36 heavy (non-hydrogen) atoms. The predicted molar refractivity (Wildman–Crippen MR) is 125 cm³/mol. The quantitative estimate of drug-likeness (QED) is 0.246. The Hall–Kier alpha value is -3.64. The normalized spacial score (nSPS) is 11.6. The fourth-order valence-corrected chi connectivity index (χ4v) is 3.17. The molecule has 0 unspecified atom stereocenters.